The first-order valence-corrected chi connectivity index (χ1v) is 11.5. The van der Waals surface area contributed by atoms with E-state index in [1.807, 2.05) is 4.90 Å². The Morgan fingerprint density at radius 3 is 2.67 bits per heavy atom. The van der Waals surface area contributed by atoms with Gasteiger partial charge in [-0.25, -0.2) is 4.98 Å². The maximum atomic E-state index is 13.4. The van der Waals surface area contributed by atoms with Crippen LogP contribution in [0.1, 0.15) is 29.1 Å². The second-order valence-electron chi connectivity index (χ2n) is 8.70. The zero-order valence-corrected chi connectivity index (χ0v) is 19.8. The van der Waals surface area contributed by atoms with Gasteiger partial charge in [0.05, 0.1) is 19.9 Å². The second kappa shape index (κ2) is 11.2. The molecule has 1 saturated heterocycles. The zero-order chi connectivity index (χ0) is 25.8. The number of benzene rings is 1. The molecule has 4 N–H and O–H groups in total. The van der Waals surface area contributed by atoms with Crippen LogP contribution in [0, 0.1) is 5.92 Å². The van der Waals surface area contributed by atoms with Gasteiger partial charge in [-0.15, -0.1) is 0 Å². The summed E-state index contributed by atoms with van der Waals surface area (Å²) >= 11 is 0. The fourth-order valence-electron chi connectivity index (χ4n) is 3.98. The average Bonchev–Trinajstić information content (AvgIpc) is 3.58. The molecule has 1 aromatic heterocycles. The topological polar surface area (TPSA) is 146 Å². The van der Waals surface area contributed by atoms with Crippen molar-refractivity contribution >= 4 is 11.8 Å². The second-order valence-corrected chi connectivity index (χ2v) is 8.70. The fraction of sp³-hybridized carbons (Fsp3) is 0.522. The van der Waals surface area contributed by atoms with Gasteiger partial charge in [0, 0.05) is 32.3 Å². The minimum Gasteiger partial charge on any atom is -0.489 e. The third-order valence-electron chi connectivity index (χ3n) is 6.03. The summed E-state index contributed by atoms with van der Waals surface area (Å²) in [5.74, 6) is -0.662. The van der Waals surface area contributed by atoms with E-state index >= 15 is 0 Å². The van der Waals surface area contributed by atoms with Crippen LogP contribution in [0.4, 0.5) is 8.78 Å². The Bertz CT molecular complexity index is 1090. The molecule has 2 amide bonds. The molecule has 1 aliphatic carbocycles. The van der Waals surface area contributed by atoms with Gasteiger partial charge in [0.1, 0.15) is 6.04 Å². The highest BCUT2D eigenvalue weighted by atomic mass is 19.3. The van der Waals surface area contributed by atoms with Crippen LogP contribution in [-0.4, -0.2) is 79.3 Å². The predicted molar refractivity (Wildman–Crippen MR) is 122 cm³/mol. The molecule has 11 nitrogen and oxygen atoms in total. The van der Waals surface area contributed by atoms with E-state index < -0.39 is 24.5 Å². The molecule has 1 saturated carbocycles. The Labute approximate surface area is 206 Å². The van der Waals surface area contributed by atoms with Crippen LogP contribution in [0.5, 0.6) is 11.5 Å². The first kappa shape index (κ1) is 25.8. The monoisotopic (exact) mass is 509 g/mol. The van der Waals surface area contributed by atoms with Crippen LogP contribution >= 0.6 is 0 Å². The van der Waals surface area contributed by atoms with E-state index in [-0.39, 0.29) is 48.5 Å². The van der Waals surface area contributed by atoms with Gasteiger partial charge in [0.15, 0.2) is 23.0 Å². The SMILES string of the molecule is COCN1CCN(C(=O)c2nc(-c3ccc(OC(F)F)c(OCC4CC4)c3)oc2CN)C(C(N)=O)C1. The van der Waals surface area contributed by atoms with Crippen LogP contribution in [0.2, 0.25) is 0 Å². The van der Waals surface area contributed by atoms with Gasteiger partial charge >= 0.3 is 6.61 Å². The Balaban J connectivity index is 1.60. The number of amides is 2. The van der Waals surface area contributed by atoms with Gasteiger partial charge in [0.25, 0.3) is 5.91 Å². The average molecular weight is 510 g/mol. The summed E-state index contributed by atoms with van der Waals surface area (Å²) in [4.78, 5) is 33.0. The number of hydrogen-bond donors (Lipinski definition) is 2. The summed E-state index contributed by atoms with van der Waals surface area (Å²) in [6.07, 6.45) is 2.03. The van der Waals surface area contributed by atoms with Crippen LogP contribution in [0.25, 0.3) is 11.5 Å². The molecule has 2 aliphatic rings. The van der Waals surface area contributed by atoms with Gasteiger partial charge in [-0.2, -0.15) is 8.78 Å². The summed E-state index contributed by atoms with van der Waals surface area (Å²) in [5.41, 5.74) is 11.7. The number of halogens is 2. The van der Waals surface area contributed by atoms with Gasteiger partial charge < -0.3 is 35.0 Å². The molecule has 4 rings (SSSR count). The van der Waals surface area contributed by atoms with E-state index in [1.165, 1.54) is 30.2 Å². The number of alkyl halides is 2. The Morgan fingerprint density at radius 2 is 2.03 bits per heavy atom. The zero-order valence-electron chi connectivity index (χ0n) is 19.8. The number of piperazine rings is 1. The highest BCUT2D eigenvalue weighted by molar-refractivity contribution is 5.97. The normalized spacial score (nSPS) is 18.5. The first-order chi connectivity index (χ1) is 17.3. The summed E-state index contributed by atoms with van der Waals surface area (Å²) in [6, 6.07) is 3.38. The quantitative estimate of drug-likeness (QED) is 0.459. The van der Waals surface area contributed by atoms with E-state index in [1.54, 1.807) is 0 Å². The molecular formula is C23H29F2N5O6. The highest BCUT2D eigenvalue weighted by Crippen LogP contribution is 2.37. The molecule has 0 bridgehead atoms. The number of methoxy groups -OCH3 is 1. The third kappa shape index (κ3) is 5.91. The van der Waals surface area contributed by atoms with Gasteiger partial charge in [-0.1, -0.05) is 0 Å². The Hall–Kier alpha value is -3.29. The number of ether oxygens (including phenoxy) is 3. The third-order valence-corrected chi connectivity index (χ3v) is 6.03. The van der Waals surface area contributed by atoms with Crippen molar-refractivity contribution in [2.75, 3.05) is 40.1 Å². The van der Waals surface area contributed by atoms with Crippen molar-refractivity contribution < 1.29 is 37.0 Å². The Kier molecular flexibility index (Phi) is 8.01. The standard InChI is InChI=1S/C23H29F2N5O6/c1-33-12-29-6-7-30(15(10-29)20(27)31)22(32)19-18(9-26)35-21(28-19)14-4-5-16(36-23(24)25)17(8-14)34-11-13-2-3-13/h4-5,8,13,15,23H,2-3,6-7,9-12,26H2,1H3,(H2,27,31). The van der Waals surface area contributed by atoms with Crippen LogP contribution in [-0.2, 0) is 16.1 Å². The molecule has 2 fully saturated rings. The summed E-state index contributed by atoms with van der Waals surface area (Å²) in [6.45, 7) is -1.57. The number of primary amides is 1. The molecule has 1 atom stereocenters. The predicted octanol–water partition coefficient (Wildman–Crippen LogP) is 1.41. The van der Waals surface area contributed by atoms with Crippen molar-refractivity contribution in [2.24, 2.45) is 17.4 Å². The van der Waals surface area contributed by atoms with Crippen molar-refractivity contribution in [3.63, 3.8) is 0 Å². The lowest BCUT2D eigenvalue weighted by molar-refractivity contribution is -0.125. The number of aromatic nitrogens is 1. The van der Waals surface area contributed by atoms with Crippen molar-refractivity contribution in [2.45, 2.75) is 32.0 Å². The van der Waals surface area contributed by atoms with E-state index in [0.29, 0.717) is 31.4 Å². The smallest absolute Gasteiger partial charge is 0.387 e. The van der Waals surface area contributed by atoms with E-state index in [2.05, 4.69) is 9.72 Å². The molecule has 13 heteroatoms. The maximum Gasteiger partial charge on any atom is 0.387 e. The highest BCUT2D eigenvalue weighted by Gasteiger charge is 2.37. The lowest BCUT2D eigenvalue weighted by atomic mass is 10.1. The van der Waals surface area contributed by atoms with Crippen molar-refractivity contribution in [3.05, 3.63) is 29.7 Å². The van der Waals surface area contributed by atoms with Crippen molar-refractivity contribution in [3.8, 4) is 23.0 Å². The fourth-order valence-corrected chi connectivity index (χ4v) is 3.98. The molecular weight excluding hydrogens is 480 g/mol. The number of nitrogens with two attached hydrogens (primary N) is 2. The molecule has 1 aromatic carbocycles. The molecule has 1 unspecified atom stereocenters. The molecule has 2 heterocycles. The summed E-state index contributed by atoms with van der Waals surface area (Å²) < 4.78 is 46.9. The molecule has 2 aromatic rings. The maximum absolute atomic E-state index is 13.4. The van der Waals surface area contributed by atoms with Gasteiger partial charge in [0.2, 0.25) is 11.8 Å². The summed E-state index contributed by atoms with van der Waals surface area (Å²) in [5, 5.41) is 0. The molecule has 196 valence electrons. The lowest BCUT2D eigenvalue weighted by Gasteiger charge is -2.39. The lowest BCUT2D eigenvalue weighted by Crippen LogP contribution is -2.60. The van der Waals surface area contributed by atoms with E-state index in [0.717, 1.165) is 12.8 Å². The molecule has 36 heavy (non-hydrogen) atoms. The van der Waals surface area contributed by atoms with Crippen molar-refractivity contribution in [1.82, 2.24) is 14.8 Å². The number of carbonyl (C=O) groups is 2. The molecule has 0 spiro atoms. The van der Waals surface area contributed by atoms with Crippen LogP contribution < -0.4 is 20.9 Å². The molecule has 1 aliphatic heterocycles. The number of carbonyl (C=O) groups excluding carboxylic acids is 2. The minimum atomic E-state index is -3.02. The van der Waals surface area contributed by atoms with E-state index in [9.17, 15) is 18.4 Å². The number of rotatable bonds is 11. The largest absolute Gasteiger partial charge is 0.489 e. The van der Waals surface area contributed by atoms with Crippen LogP contribution in [0.3, 0.4) is 0 Å². The summed E-state index contributed by atoms with van der Waals surface area (Å²) in [7, 11) is 1.54. The molecule has 0 radical (unpaired) electrons. The first-order valence-electron chi connectivity index (χ1n) is 11.5. The van der Waals surface area contributed by atoms with Crippen molar-refractivity contribution in [1.29, 1.82) is 0 Å². The van der Waals surface area contributed by atoms with E-state index in [4.69, 9.17) is 25.4 Å². The van der Waals surface area contributed by atoms with Gasteiger partial charge in [-0.05, 0) is 37.0 Å². The minimum absolute atomic E-state index is 0.0484. The number of nitrogens with zero attached hydrogens (tertiary/aromatic N) is 3. The number of hydrogen-bond acceptors (Lipinski definition) is 9. The number of oxazole rings is 1. The van der Waals surface area contributed by atoms with Gasteiger partial charge in [-0.3, -0.25) is 14.5 Å². The van der Waals surface area contributed by atoms with Crippen LogP contribution in [0.15, 0.2) is 22.6 Å². The Morgan fingerprint density at radius 1 is 1.25 bits per heavy atom.